The Morgan fingerprint density at radius 3 is 2.50 bits per heavy atom. The molecule has 1 N–H and O–H groups in total. The summed E-state index contributed by atoms with van der Waals surface area (Å²) in [7, 11) is 0. The molecule has 1 nitrogen and oxygen atoms in total. The third-order valence-corrected chi connectivity index (χ3v) is 2.02. The lowest BCUT2D eigenvalue weighted by Crippen LogP contribution is -2.18. The van der Waals surface area contributed by atoms with E-state index >= 15 is 0 Å². The van der Waals surface area contributed by atoms with Crippen LogP contribution in [0.15, 0.2) is 0 Å². The van der Waals surface area contributed by atoms with Crippen molar-refractivity contribution in [2.45, 2.75) is 52.6 Å². The van der Waals surface area contributed by atoms with Gasteiger partial charge in [0.2, 0.25) is 0 Å². The zero-order chi connectivity index (χ0) is 9.61. The molecule has 70 valence electrons. The Kier molecular flexibility index (Phi) is 5.01. The maximum absolute atomic E-state index is 9.20. The molecule has 12 heavy (non-hydrogen) atoms. The van der Waals surface area contributed by atoms with Gasteiger partial charge in [-0.25, -0.2) is 0 Å². The van der Waals surface area contributed by atoms with Crippen LogP contribution in [0.1, 0.15) is 46.5 Å². The molecule has 0 aliphatic carbocycles. The van der Waals surface area contributed by atoms with Gasteiger partial charge in [-0.3, -0.25) is 0 Å². The molecule has 0 aromatic rings. The summed E-state index contributed by atoms with van der Waals surface area (Å²) in [5.41, 5.74) is 0.227. The van der Waals surface area contributed by atoms with Gasteiger partial charge in [-0.05, 0) is 31.6 Å². The molecule has 0 aliphatic heterocycles. The van der Waals surface area contributed by atoms with Gasteiger partial charge in [0.25, 0.3) is 0 Å². The molecule has 0 saturated heterocycles. The van der Waals surface area contributed by atoms with Gasteiger partial charge in [-0.2, -0.15) is 0 Å². The molecular formula is C11H20O. The molecule has 0 heterocycles. The summed E-state index contributed by atoms with van der Waals surface area (Å²) in [5.74, 6) is 2.63. The van der Waals surface area contributed by atoms with E-state index in [0.717, 1.165) is 25.7 Å². The molecule has 0 saturated carbocycles. The molecular weight excluding hydrogens is 148 g/mol. The molecule has 0 aliphatic rings. The van der Waals surface area contributed by atoms with E-state index in [4.69, 9.17) is 6.42 Å². The summed E-state index contributed by atoms with van der Waals surface area (Å²) in [6.07, 6.45) is 8.83. The fraction of sp³-hybridized carbons (Fsp3) is 0.818. The molecule has 1 unspecified atom stereocenters. The van der Waals surface area contributed by atoms with Crippen LogP contribution in [0.25, 0.3) is 0 Å². The Balaban J connectivity index is 3.65. The average Bonchev–Trinajstić information content (AvgIpc) is 1.84. The van der Waals surface area contributed by atoms with Crippen molar-refractivity contribution < 1.29 is 5.11 Å². The van der Waals surface area contributed by atoms with Crippen molar-refractivity contribution in [2.75, 3.05) is 0 Å². The van der Waals surface area contributed by atoms with Gasteiger partial charge < -0.3 is 5.11 Å². The standard InChI is InChI=1S/C11H20O/c1-5-6-7-8-11(3,4)9-10(2)12/h1,10,12H,6-9H2,2-4H3. The summed E-state index contributed by atoms with van der Waals surface area (Å²) < 4.78 is 0. The Labute approximate surface area is 76.2 Å². The highest BCUT2D eigenvalue weighted by Gasteiger charge is 2.19. The van der Waals surface area contributed by atoms with Crippen molar-refractivity contribution in [1.82, 2.24) is 0 Å². The second-order valence-corrected chi connectivity index (χ2v) is 4.28. The Morgan fingerprint density at radius 2 is 2.08 bits per heavy atom. The lowest BCUT2D eigenvalue weighted by Gasteiger charge is -2.25. The number of rotatable bonds is 5. The molecule has 0 bridgehead atoms. The number of hydrogen-bond donors (Lipinski definition) is 1. The highest BCUT2D eigenvalue weighted by molar-refractivity contribution is 4.84. The van der Waals surface area contributed by atoms with Crippen LogP contribution in [0.5, 0.6) is 0 Å². The SMILES string of the molecule is C#CCCCC(C)(C)CC(C)O. The number of terminal acetylenes is 1. The van der Waals surface area contributed by atoms with E-state index in [1.807, 2.05) is 6.92 Å². The smallest absolute Gasteiger partial charge is 0.0517 e. The topological polar surface area (TPSA) is 20.2 Å². The fourth-order valence-corrected chi connectivity index (χ4v) is 1.57. The van der Waals surface area contributed by atoms with Crippen molar-refractivity contribution in [1.29, 1.82) is 0 Å². The Morgan fingerprint density at radius 1 is 1.50 bits per heavy atom. The van der Waals surface area contributed by atoms with Crippen LogP contribution in [0.3, 0.4) is 0 Å². The first-order chi connectivity index (χ1) is 5.48. The molecule has 1 atom stereocenters. The first-order valence-corrected chi connectivity index (χ1v) is 4.59. The average molecular weight is 168 g/mol. The Bertz CT molecular complexity index is 151. The largest absolute Gasteiger partial charge is 0.393 e. The summed E-state index contributed by atoms with van der Waals surface area (Å²) >= 11 is 0. The van der Waals surface area contributed by atoms with Gasteiger partial charge in [0.15, 0.2) is 0 Å². The minimum Gasteiger partial charge on any atom is -0.393 e. The van der Waals surface area contributed by atoms with Crippen LogP contribution in [-0.2, 0) is 0 Å². The predicted octanol–water partition coefficient (Wildman–Crippen LogP) is 2.59. The zero-order valence-electron chi connectivity index (χ0n) is 8.43. The minimum atomic E-state index is -0.203. The third kappa shape index (κ3) is 6.24. The summed E-state index contributed by atoms with van der Waals surface area (Å²) in [6, 6.07) is 0. The van der Waals surface area contributed by atoms with Crippen molar-refractivity contribution in [3.05, 3.63) is 0 Å². The van der Waals surface area contributed by atoms with E-state index in [1.165, 1.54) is 0 Å². The van der Waals surface area contributed by atoms with E-state index in [1.54, 1.807) is 0 Å². The summed E-state index contributed by atoms with van der Waals surface area (Å²) in [5, 5.41) is 9.20. The van der Waals surface area contributed by atoms with Gasteiger partial charge in [-0.15, -0.1) is 12.3 Å². The summed E-state index contributed by atoms with van der Waals surface area (Å²) in [4.78, 5) is 0. The molecule has 0 aromatic carbocycles. The van der Waals surface area contributed by atoms with Crippen LogP contribution in [0, 0.1) is 17.8 Å². The van der Waals surface area contributed by atoms with Crippen molar-refractivity contribution in [2.24, 2.45) is 5.41 Å². The van der Waals surface area contributed by atoms with Gasteiger partial charge in [-0.1, -0.05) is 13.8 Å². The maximum atomic E-state index is 9.20. The van der Waals surface area contributed by atoms with Crippen molar-refractivity contribution in [3.8, 4) is 12.3 Å². The van der Waals surface area contributed by atoms with Crippen LogP contribution in [0.2, 0.25) is 0 Å². The van der Waals surface area contributed by atoms with E-state index in [2.05, 4.69) is 19.8 Å². The van der Waals surface area contributed by atoms with Gasteiger partial charge >= 0.3 is 0 Å². The third-order valence-electron chi connectivity index (χ3n) is 2.02. The maximum Gasteiger partial charge on any atom is 0.0517 e. The van der Waals surface area contributed by atoms with Gasteiger partial charge in [0.1, 0.15) is 0 Å². The Hall–Kier alpha value is -0.480. The molecule has 0 aromatic heterocycles. The highest BCUT2D eigenvalue weighted by Crippen LogP contribution is 2.28. The number of unbranched alkanes of at least 4 members (excludes halogenated alkanes) is 1. The van der Waals surface area contributed by atoms with E-state index in [0.29, 0.717) is 0 Å². The van der Waals surface area contributed by atoms with E-state index in [-0.39, 0.29) is 11.5 Å². The molecule has 0 amide bonds. The molecule has 0 fully saturated rings. The summed E-state index contributed by atoms with van der Waals surface area (Å²) in [6.45, 7) is 6.19. The van der Waals surface area contributed by atoms with Crippen LogP contribution >= 0.6 is 0 Å². The minimum absolute atomic E-state index is 0.203. The van der Waals surface area contributed by atoms with Gasteiger partial charge in [0.05, 0.1) is 6.10 Å². The first kappa shape index (κ1) is 11.5. The number of hydrogen-bond acceptors (Lipinski definition) is 1. The van der Waals surface area contributed by atoms with Crippen molar-refractivity contribution >= 4 is 0 Å². The van der Waals surface area contributed by atoms with Crippen LogP contribution in [-0.4, -0.2) is 11.2 Å². The molecule has 0 rings (SSSR count). The zero-order valence-corrected chi connectivity index (χ0v) is 8.43. The number of aliphatic hydroxyl groups excluding tert-OH is 1. The van der Waals surface area contributed by atoms with E-state index < -0.39 is 0 Å². The lowest BCUT2D eigenvalue weighted by molar-refractivity contribution is 0.123. The normalized spacial score (nSPS) is 13.9. The predicted molar refractivity (Wildman–Crippen MR) is 52.8 cm³/mol. The van der Waals surface area contributed by atoms with E-state index in [9.17, 15) is 5.11 Å². The first-order valence-electron chi connectivity index (χ1n) is 4.59. The number of aliphatic hydroxyl groups is 1. The second kappa shape index (κ2) is 5.22. The molecule has 0 spiro atoms. The lowest BCUT2D eigenvalue weighted by atomic mass is 9.82. The van der Waals surface area contributed by atoms with Crippen molar-refractivity contribution in [3.63, 3.8) is 0 Å². The highest BCUT2D eigenvalue weighted by atomic mass is 16.3. The second-order valence-electron chi connectivity index (χ2n) is 4.28. The quantitative estimate of drug-likeness (QED) is 0.494. The molecule has 0 radical (unpaired) electrons. The van der Waals surface area contributed by atoms with Crippen LogP contribution < -0.4 is 0 Å². The monoisotopic (exact) mass is 168 g/mol. The molecule has 1 heteroatoms. The van der Waals surface area contributed by atoms with Gasteiger partial charge in [0, 0.05) is 6.42 Å². The fourth-order valence-electron chi connectivity index (χ4n) is 1.57. The van der Waals surface area contributed by atoms with Crippen LogP contribution in [0.4, 0.5) is 0 Å².